The Labute approximate surface area is 122 Å². The fourth-order valence-corrected chi connectivity index (χ4v) is 4.83. The molecule has 2 aromatic carbocycles. The van der Waals surface area contributed by atoms with Crippen LogP contribution in [-0.4, -0.2) is 15.5 Å². The summed E-state index contributed by atoms with van der Waals surface area (Å²) < 4.78 is 12.8. The van der Waals surface area contributed by atoms with Crippen molar-refractivity contribution in [2.75, 3.05) is 0 Å². The van der Waals surface area contributed by atoms with Crippen LogP contribution in [0.15, 0.2) is 47.4 Å². The van der Waals surface area contributed by atoms with Crippen molar-refractivity contribution in [3.05, 3.63) is 42.5 Å². The van der Waals surface area contributed by atoms with Gasteiger partial charge in [-0.1, -0.05) is 44.2 Å². The van der Waals surface area contributed by atoms with Crippen LogP contribution in [0.5, 0.6) is 0 Å². The van der Waals surface area contributed by atoms with E-state index in [0.29, 0.717) is 0 Å². The van der Waals surface area contributed by atoms with Gasteiger partial charge in [0.15, 0.2) is 0 Å². The van der Waals surface area contributed by atoms with E-state index in [1.54, 1.807) is 0 Å². The Balaban J connectivity index is 1.93. The van der Waals surface area contributed by atoms with E-state index in [1.807, 2.05) is 30.3 Å². The standard InChI is InChI=1S/C17H21NOS/c1-17(2)10-9-15(16(17)18)20(19)14-8-7-12-5-3-4-6-13(12)11-14/h3-8,11,15-16H,9-10,18H2,1-2H3. The van der Waals surface area contributed by atoms with Crippen molar-refractivity contribution < 1.29 is 4.21 Å². The molecule has 0 saturated heterocycles. The van der Waals surface area contributed by atoms with Crippen molar-refractivity contribution in [2.45, 2.75) is 42.9 Å². The summed E-state index contributed by atoms with van der Waals surface area (Å²) in [6, 6.07) is 14.3. The van der Waals surface area contributed by atoms with Gasteiger partial charge in [-0.05, 0) is 41.2 Å². The second kappa shape index (κ2) is 4.97. The van der Waals surface area contributed by atoms with Crippen LogP contribution in [0.4, 0.5) is 0 Å². The van der Waals surface area contributed by atoms with E-state index < -0.39 is 10.8 Å². The van der Waals surface area contributed by atoms with E-state index in [-0.39, 0.29) is 16.7 Å². The van der Waals surface area contributed by atoms with Gasteiger partial charge in [0.25, 0.3) is 0 Å². The third kappa shape index (κ3) is 2.29. The Bertz CT molecular complexity index is 665. The maximum atomic E-state index is 12.8. The number of fused-ring (bicyclic) bond motifs is 1. The van der Waals surface area contributed by atoms with Crippen LogP contribution in [0.3, 0.4) is 0 Å². The third-order valence-corrected chi connectivity index (χ3v) is 6.40. The first-order chi connectivity index (χ1) is 9.49. The molecule has 3 rings (SSSR count). The van der Waals surface area contributed by atoms with Crippen LogP contribution in [0.1, 0.15) is 26.7 Å². The van der Waals surface area contributed by atoms with Crippen LogP contribution < -0.4 is 5.73 Å². The van der Waals surface area contributed by atoms with E-state index in [4.69, 9.17) is 5.73 Å². The molecule has 1 fully saturated rings. The van der Waals surface area contributed by atoms with Crippen molar-refractivity contribution in [1.82, 2.24) is 0 Å². The first kappa shape index (κ1) is 13.8. The number of nitrogens with two attached hydrogens (primary N) is 1. The smallest absolute Gasteiger partial charge is 0.0576 e. The molecule has 2 aromatic rings. The van der Waals surface area contributed by atoms with E-state index in [9.17, 15) is 4.21 Å². The molecule has 0 aromatic heterocycles. The maximum absolute atomic E-state index is 12.8. The lowest BCUT2D eigenvalue weighted by Crippen LogP contribution is -2.41. The van der Waals surface area contributed by atoms with E-state index in [2.05, 4.69) is 26.0 Å². The largest absolute Gasteiger partial charge is 0.326 e. The normalized spacial score (nSPS) is 26.8. The summed E-state index contributed by atoms with van der Waals surface area (Å²) in [6.07, 6.45) is 2.01. The molecule has 0 aliphatic heterocycles. The maximum Gasteiger partial charge on any atom is 0.0576 e. The summed E-state index contributed by atoms with van der Waals surface area (Å²) in [5, 5.41) is 2.40. The minimum atomic E-state index is -1.02. The molecular weight excluding hydrogens is 266 g/mol. The van der Waals surface area contributed by atoms with E-state index in [1.165, 1.54) is 5.39 Å². The molecule has 3 atom stereocenters. The zero-order chi connectivity index (χ0) is 14.3. The molecule has 0 spiro atoms. The lowest BCUT2D eigenvalue weighted by atomic mass is 9.88. The van der Waals surface area contributed by atoms with Crippen LogP contribution in [0.2, 0.25) is 0 Å². The van der Waals surface area contributed by atoms with Gasteiger partial charge in [-0.15, -0.1) is 0 Å². The highest BCUT2D eigenvalue weighted by Gasteiger charge is 2.42. The highest BCUT2D eigenvalue weighted by atomic mass is 32.2. The van der Waals surface area contributed by atoms with Crippen LogP contribution in [-0.2, 0) is 10.8 Å². The average molecular weight is 287 g/mol. The zero-order valence-corrected chi connectivity index (χ0v) is 12.8. The predicted octanol–water partition coefficient (Wildman–Crippen LogP) is 3.46. The van der Waals surface area contributed by atoms with Gasteiger partial charge in [-0.2, -0.15) is 0 Å². The van der Waals surface area contributed by atoms with Gasteiger partial charge in [0.2, 0.25) is 0 Å². The molecule has 1 aliphatic rings. The van der Waals surface area contributed by atoms with Gasteiger partial charge in [0.05, 0.1) is 16.0 Å². The van der Waals surface area contributed by atoms with Crippen molar-refractivity contribution >= 4 is 21.6 Å². The topological polar surface area (TPSA) is 43.1 Å². The molecule has 2 nitrogen and oxygen atoms in total. The SMILES string of the molecule is CC1(C)CCC(S(=O)c2ccc3ccccc3c2)C1N. The predicted molar refractivity (Wildman–Crippen MR) is 85.1 cm³/mol. The Kier molecular flexibility index (Phi) is 3.43. The number of hydrogen-bond acceptors (Lipinski definition) is 2. The highest BCUT2D eigenvalue weighted by Crippen LogP contribution is 2.40. The molecule has 0 bridgehead atoms. The summed E-state index contributed by atoms with van der Waals surface area (Å²) in [4.78, 5) is 0.904. The second-order valence-electron chi connectivity index (χ2n) is 6.40. The molecule has 1 aliphatic carbocycles. The van der Waals surface area contributed by atoms with Crippen LogP contribution in [0.25, 0.3) is 10.8 Å². The van der Waals surface area contributed by atoms with Gasteiger partial charge in [-0.25, -0.2) is 0 Å². The third-order valence-electron chi connectivity index (χ3n) is 4.60. The average Bonchev–Trinajstić information content (AvgIpc) is 2.72. The molecule has 2 N–H and O–H groups in total. The summed E-state index contributed by atoms with van der Waals surface area (Å²) in [6.45, 7) is 4.35. The molecule has 3 heteroatoms. The van der Waals surface area contributed by atoms with Crippen LogP contribution in [0, 0.1) is 5.41 Å². The minimum Gasteiger partial charge on any atom is -0.326 e. The Morgan fingerprint density at radius 3 is 2.50 bits per heavy atom. The summed E-state index contributed by atoms with van der Waals surface area (Å²) in [5.41, 5.74) is 6.41. The second-order valence-corrected chi connectivity index (χ2v) is 8.07. The molecule has 0 heterocycles. The lowest BCUT2D eigenvalue weighted by Gasteiger charge is -2.26. The molecule has 1 saturated carbocycles. The van der Waals surface area contributed by atoms with E-state index in [0.717, 1.165) is 23.1 Å². The number of hydrogen-bond donors (Lipinski definition) is 1. The van der Waals surface area contributed by atoms with Gasteiger partial charge in [0, 0.05) is 10.9 Å². The van der Waals surface area contributed by atoms with Gasteiger partial charge in [0.1, 0.15) is 0 Å². The first-order valence-corrected chi connectivity index (χ1v) is 8.35. The Morgan fingerprint density at radius 2 is 1.85 bits per heavy atom. The number of benzene rings is 2. The fraction of sp³-hybridized carbons (Fsp3) is 0.412. The molecule has 0 amide bonds. The molecule has 0 radical (unpaired) electrons. The summed E-state index contributed by atoms with van der Waals surface area (Å²) >= 11 is 0. The molecular formula is C17H21NOS. The monoisotopic (exact) mass is 287 g/mol. The summed E-state index contributed by atoms with van der Waals surface area (Å²) in [7, 11) is -1.02. The van der Waals surface area contributed by atoms with Crippen molar-refractivity contribution in [1.29, 1.82) is 0 Å². The van der Waals surface area contributed by atoms with Gasteiger partial charge >= 0.3 is 0 Å². The van der Waals surface area contributed by atoms with Crippen molar-refractivity contribution in [3.8, 4) is 0 Å². The van der Waals surface area contributed by atoms with Crippen molar-refractivity contribution in [2.24, 2.45) is 11.1 Å². The van der Waals surface area contributed by atoms with Gasteiger partial charge < -0.3 is 5.73 Å². The molecule has 20 heavy (non-hydrogen) atoms. The Hall–Kier alpha value is -1.19. The number of rotatable bonds is 2. The van der Waals surface area contributed by atoms with Gasteiger partial charge in [-0.3, -0.25) is 4.21 Å². The van der Waals surface area contributed by atoms with Crippen molar-refractivity contribution in [3.63, 3.8) is 0 Å². The quantitative estimate of drug-likeness (QED) is 0.919. The Morgan fingerprint density at radius 1 is 1.15 bits per heavy atom. The molecule has 3 unspecified atom stereocenters. The lowest BCUT2D eigenvalue weighted by molar-refractivity contribution is 0.334. The zero-order valence-electron chi connectivity index (χ0n) is 12.0. The van der Waals surface area contributed by atoms with E-state index >= 15 is 0 Å². The first-order valence-electron chi connectivity index (χ1n) is 7.14. The minimum absolute atomic E-state index is 0.00908. The molecule has 106 valence electrons. The fourth-order valence-electron chi connectivity index (χ4n) is 3.07. The highest BCUT2D eigenvalue weighted by molar-refractivity contribution is 7.85. The summed E-state index contributed by atoms with van der Waals surface area (Å²) in [5.74, 6) is 0. The van der Waals surface area contributed by atoms with Crippen LogP contribution >= 0.6 is 0 Å².